The fraction of sp³-hybridized carbons (Fsp3) is 0. The first-order valence-electron chi connectivity index (χ1n) is 0. The van der Waals surface area contributed by atoms with Gasteiger partial charge in [0.25, 0.3) is 0 Å². The zero-order chi connectivity index (χ0) is 0. The molecular formula is CdCrHgNi. The molecule has 20 valence electrons. The molecule has 0 aromatic carbocycles. The molecule has 0 nitrogen and oxygen atoms in total. The van der Waals surface area contributed by atoms with Gasteiger partial charge in [-0.1, -0.05) is 0 Å². The SMILES string of the molecule is [Cd].[Cr].[Hg].[Ni]. The van der Waals surface area contributed by atoms with Crippen LogP contribution >= 0.6 is 0 Å². The van der Waals surface area contributed by atoms with Gasteiger partial charge in [0.2, 0.25) is 0 Å². The van der Waals surface area contributed by atoms with E-state index in [0.717, 1.165) is 0 Å². The second-order valence-corrected chi connectivity index (χ2v) is 0. The number of hydrogen-bond acceptors (Lipinski definition) is 0. The van der Waals surface area contributed by atoms with Crippen molar-refractivity contribution in [1.29, 1.82) is 0 Å². The molecule has 0 fully saturated rings. The Morgan fingerprint density at radius 3 is 1.00 bits per heavy atom. The molecule has 0 aromatic heterocycles. The van der Waals surface area contributed by atoms with Gasteiger partial charge in [0.05, 0.1) is 0 Å². The van der Waals surface area contributed by atoms with Crippen LogP contribution in [0.5, 0.6) is 0 Å². The van der Waals surface area contributed by atoms with Gasteiger partial charge in [-0.3, -0.25) is 0 Å². The standard InChI is InChI=1S/Cd.Cr.Hg.Ni. The summed E-state index contributed by atoms with van der Waals surface area (Å²) in [6, 6.07) is 0. The van der Waals surface area contributed by atoms with Crippen LogP contribution in [0, 0.1) is 0 Å². The summed E-state index contributed by atoms with van der Waals surface area (Å²) in [6.45, 7) is 0. The molecule has 0 aliphatic heterocycles. The van der Waals surface area contributed by atoms with Crippen molar-refractivity contribution in [2.75, 3.05) is 0 Å². The van der Waals surface area contributed by atoms with Crippen LogP contribution in [-0.2, 0) is 88.8 Å². The summed E-state index contributed by atoms with van der Waals surface area (Å²) < 4.78 is 0. The van der Waals surface area contributed by atoms with E-state index in [9.17, 15) is 0 Å². The van der Waals surface area contributed by atoms with Crippen LogP contribution in [0.25, 0.3) is 0 Å². The topological polar surface area (TPSA) is 0 Å². The van der Waals surface area contributed by atoms with Gasteiger partial charge >= 0.3 is 0 Å². The molecule has 0 amide bonds. The molecule has 0 saturated carbocycles. The van der Waals surface area contributed by atoms with Crippen molar-refractivity contribution < 1.29 is 88.8 Å². The molecule has 0 spiro atoms. The van der Waals surface area contributed by atoms with Gasteiger partial charge in [0.15, 0.2) is 0 Å². The average Bonchev–Trinajstić information content (AvgIpc) is 0. The van der Waals surface area contributed by atoms with Gasteiger partial charge in [0.1, 0.15) is 0 Å². The van der Waals surface area contributed by atoms with Gasteiger partial charge in [-0.2, -0.15) is 0 Å². The Morgan fingerprint density at radius 2 is 1.00 bits per heavy atom. The fourth-order valence-corrected chi connectivity index (χ4v) is 0. The molecule has 0 aromatic rings. The molecule has 0 atom stereocenters. The van der Waals surface area contributed by atoms with Crippen molar-refractivity contribution in [2.45, 2.75) is 0 Å². The van der Waals surface area contributed by atoms with E-state index >= 15 is 0 Å². The van der Waals surface area contributed by atoms with Crippen LogP contribution in [0.3, 0.4) is 0 Å². The largest absolute Gasteiger partial charge is 0 e. The minimum absolute atomic E-state index is 0. The molecule has 0 radical (unpaired) electrons. The number of rotatable bonds is 0. The third-order valence-corrected chi connectivity index (χ3v) is 0. The van der Waals surface area contributed by atoms with Crippen molar-refractivity contribution in [3.8, 4) is 0 Å². The molecule has 0 N–H and O–H groups in total. The molecule has 0 aliphatic rings. The second kappa shape index (κ2) is 16.9. The molecule has 4 heteroatoms. The third-order valence-electron chi connectivity index (χ3n) is 0. The third kappa shape index (κ3) is 8.86. The Bertz CT molecular complexity index is 8.00. The monoisotopic (exact) mass is 426 g/mol. The van der Waals surface area contributed by atoms with Gasteiger partial charge in [-0.15, -0.1) is 0 Å². The van der Waals surface area contributed by atoms with Gasteiger partial charge in [-0.05, 0) is 0 Å². The fourth-order valence-electron chi connectivity index (χ4n) is 0. The first-order chi connectivity index (χ1) is 0. The quantitative estimate of drug-likeness (QED) is 0.481. The molecule has 0 heterocycles. The van der Waals surface area contributed by atoms with Crippen LogP contribution < -0.4 is 0 Å². The Hall–Kier alpha value is 2.88. The van der Waals surface area contributed by atoms with Crippen molar-refractivity contribution in [3.63, 3.8) is 0 Å². The van der Waals surface area contributed by atoms with Crippen LogP contribution in [0.4, 0.5) is 0 Å². The Kier molecular flexibility index (Phi) is 121. The normalized spacial score (nSPS) is 0. The molecule has 0 aliphatic carbocycles. The minimum Gasteiger partial charge on any atom is 0 e. The van der Waals surface area contributed by atoms with E-state index in [1.165, 1.54) is 0 Å². The molecule has 0 bridgehead atoms. The summed E-state index contributed by atoms with van der Waals surface area (Å²) in [6.07, 6.45) is 0. The Morgan fingerprint density at radius 1 is 1.00 bits per heavy atom. The maximum Gasteiger partial charge on any atom is 0 e. The molecule has 0 rings (SSSR count). The zero-order valence-electron chi connectivity index (χ0n) is 2.14. The van der Waals surface area contributed by atoms with E-state index in [1.54, 1.807) is 0 Å². The first kappa shape index (κ1) is 28.7. The van der Waals surface area contributed by atoms with E-state index in [2.05, 4.69) is 0 Å². The molecule has 0 unspecified atom stereocenters. The minimum atomic E-state index is 0. The van der Waals surface area contributed by atoms with E-state index in [0.29, 0.717) is 0 Å². The van der Waals surface area contributed by atoms with Gasteiger partial charge < -0.3 is 0 Å². The molecule has 4 heavy (non-hydrogen) atoms. The van der Waals surface area contributed by atoms with Crippen LogP contribution in [-0.4, -0.2) is 0 Å². The van der Waals surface area contributed by atoms with Crippen molar-refractivity contribution in [2.24, 2.45) is 0 Å². The van der Waals surface area contributed by atoms with Gasteiger partial charge in [0, 0.05) is 88.8 Å². The predicted octanol–water partition coefficient (Wildman–Crippen LogP) is -0.0100. The van der Waals surface area contributed by atoms with E-state index < -0.39 is 0 Å². The summed E-state index contributed by atoms with van der Waals surface area (Å²) in [5.74, 6) is 0. The van der Waals surface area contributed by atoms with Crippen molar-refractivity contribution in [3.05, 3.63) is 0 Å². The smallest absolute Gasteiger partial charge is 0 e. The summed E-state index contributed by atoms with van der Waals surface area (Å²) >= 11 is 0. The first-order valence-corrected chi connectivity index (χ1v) is 0. The second-order valence-electron chi connectivity index (χ2n) is 0. The Labute approximate surface area is 87.2 Å². The summed E-state index contributed by atoms with van der Waals surface area (Å²) in [4.78, 5) is 0. The molecule has 0 saturated heterocycles. The van der Waals surface area contributed by atoms with Crippen molar-refractivity contribution in [1.82, 2.24) is 0 Å². The summed E-state index contributed by atoms with van der Waals surface area (Å²) in [5, 5.41) is 0. The van der Waals surface area contributed by atoms with Crippen LogP contribution in [0.15, 0.2) is 0 Å². The maximum absolute atomic E-state index is 0. The van der Waals surface area contributed by atoms with E-state index in [4.69, 9.17) is 0 Å². The van der Waals surface area contributed by atoms with Crippen molar-refractivity contribution >= 4 is 0 Å². The van der Waals surface area contributed by atoms with Crippen LogP contribution in [0.1, 0.15) is 0 Å². The van der Waals surface area contributed by atoms with E-state index in [1.807, 2.05) is 0 Å². The van der Waals surface area contributed by atoms with Gasteiger partial charge in [-0.25, -0.2) is 0 Å². The average molecular weight is 424 g/mol. The van der Waals surface area contributed by atoms with E-state index in [-0.39, 0.29) is 88.8 Å². The summed E-state index contributed by atoms with van der Waals surface area (Å²) in [7, 11) is 0. The maximum atomic E-state index is 0. The zero-order valence-corrected chi connectivity index (χ0v) is 13.9. The predicted molar refractivity (Wildman–Crippen MR) is 0 cm³/mol. The van der Waals surface area contributed by atoms with Crippen LogP contribution in [0.2, 0.25) is 0 Å². The number of hydrogen-bond donors (Lipinski definition) is 0. The summed E-state index contributed by atoms with van der Waals surface area (Å²) in [5.41, 5.74) is 0. The Balaban J connectivity index is 0. The molecular weight excluding hydrogens is 424 g/mol.